The lowest BCUT2D eigenvalue weighted by molar-refractivity contribution is 0.592. The Balaban J connectivity index is 1.46. The van der Waals surface area contributed by atoms with Crippen LogP contribution < -0.4 is 15.9 Å². The first-order valence-corrected chi connectivity index (χ1v) is 17.2. The van der Waals surface area contributed by atoms with Crippen LogP contribution in [0, 0.1) is 0 Å². The topological polar surface area (TPSA) is 42.9 Å². The fraction of sp³-hybridized carbons (Fsp3) is 0. The highest BCUT2D eigenvalue weighted by Crippen LogP contribution is 2.49. The summed E-state index contributed by atoms with van der Waals surface area (Å²) in [5.41, 5.74) is 4.88. The van der Waals surface area contributed by atoms with Gasteiger partial charge in [-0.25, -0.2) is 9.97 Å². The Labute approximate surface area is 266 Å². The van der Waals surface area contributed by atoms with Gasteiger partial charge in [0.2, 0.25) is 0 Å². The smallest absolute Gasteiger partial charge is 0.171 e. The van der Waals surface area contributed by atoms with E-state index in [4.69, 9.17) is 9.97 Å². The molecule has 216 valence electrons. The molecular weight excluding hydrogens is 579 g/mol. The third-order valence-electron chi connectivity index (χ3n) is 9.11. The van der Waals surface area contributed by atoms with E-state index in [9.17, 15) is 0 Å². The van der Waals surface area contributed by atoms with E-state index in [0.717, 1.165) is 76.0 Å². The molecule has 9 aromatic rings. The zero-order valence-electron chi connectivity index (χ0n) is 24.8. The molecule has 0 atom stereocenters. The molecule has 0 aliphatic heterocycles. The Morgan fingerprint density at radius 2 is 1.00 bits per heavy atom. The fourth-order valence-corrected chi connectivity index (χ4v) is 9.87. The van der Waals surface area contributed by atoms with Gasteiger partial charge in [0, 0.05) is 32.2 Å². The first kappa shape index (κ1) is 26.7. The Kier molecular flexibility index (Phi) is 6.09. The van der Waals surface area contributed by atoms with Gasteiger partial charge in [-0.05, 0) is 50.9 Å². The first-order valence-electron chi connectivity index (χ1n) is 15.4. The van der Waals surface area contributed by atoms with Gasteiger partial charge in [0.1, 0.15) is 0 Å². The lowest BCUT2D eigenvalue weighted by Crippen LogP contribution is -2.26. The number of hydrogen-bond acceptors (Lipinski definition) is 3. The highest BCUT2D eigenvalue weighted by molar-refractivity contribution is 7.85. The van der Waals surface area contributed by atoms with Gasteiger partial charge < -0.3 is 4.57 Å². The summed E-state index contributed by atoms with van der Waals surface area (Å²) >= 11 is 0. The van der Waals surface area contributed by atoms with E-state index < -0.39 is 7.14 Å². The van der Waals surface area contributed by atoms with Crippen LogP contribution in [-0.4, -0.2) is 9.97 Å². The van der Waals surface area contributed by atoms with E-state index in [1.165, 1.54) is 0 Å². The fourth-order valence-electron chi connectivity index (χ4n) is 6.99. The third kappa shape index (κ3) is 4.03. The highest BCUT2D eigenvalue weighted by atomic mass is 31.2. The molecule has 0 unspecified atom stereocenters. The van der Waals surface area contributed by atoms with E-state index in [2.05, 4.69) is 72.8 Å². The molecule has 0 saturated carbocycles. The predicted molar refractivity (Wildman–Crippen MR) is 194 cm³/mol. The van der Waals surface area contributed by atoms with Gasteiger partial charge in [-0.2, -0.15) is 0 Å². The van der Waals surface area contributed by atoms with Crippen molar-refractivity contribution in [3.63, 3.8) is 0 Å². The van der Waals surface area contributed by atoms with E-state index in [1.54, 1.807) is 0 Å². The minimum atomic E-state index is -3.34. The van der Waals surface area contributed by atoms with Crippen molar-refractivity contribution in [3.8, 4) is 22.5 Å². The molecule has 0 fully saturated rings. The monoisotopic (exact) mass is 606 g/mol. The van der Waals surface area contributed by atoms with Crippen molar-refractivity contribution < 1.29 is 4.57 Å². The Morgan fingerprint density at radius 3 is 1.67 bits per heavy atom. The molecular formula is C42H27N2OP. The SMILES string of the molecule is O=P(c1ccccc1)(c1ccccc1)c1cc(-c2cccc3ccccc23)c2ccc3nc(-c4ccccc4)nc4ccc1c2c34. The third-order valence-corrected chi connectivity index (χ3v) is 12.2. The summed E-state index contributed by atoms with van der Waals surface area (Å²) in [5, 5.41) is 8.85. The van der Waals surface area contributed by atoms with Gasteiger partial charge in [-0.1, -0.05) is 146 Å². The minimum absolute atomic E-state index is 0.695. The molecule has 0 spiro atoms. The molecule has 46 heavy (non-hydrogen) atoms. The molecule has 0 aliphatic rings. The zero-order valence-corrected chi connectivity index (χ0v) is 25.7. The maximum atomic E-state index is 16.0. The number of nitrogens with zero attached hydrogens (tertiary/aromatic N) is 2. The minimum Gasteiger partial charge on any atom is -0.309 e. The number of rotatable bonds is 5. The second kappa shape index (κ2) is 10.5. The molecule has 0 saturated heterocycles. The van der Waals surface area contributed by atoms with Crippen LogP contribution in [0.25, 0.3) is 65.9 Å². The largest absolute Gasteiger partial charge is 0.309 e. The van der Waals surface area contributed by atoms with E-state index >= 15 is 4.57 Å². The molecule has 1 aromatic heterocycles. The highest BCUT2D eigenvalue weighted by Gasteiger charge is 2.33. The summed E-state index contributed by atoms with van der Waals surface area (Å²) < 4.78 is 16.0. The second-order valence-electron chi connectivity index (χ2n) is 11.7. The lowest BCUT2D eigenvalue weighted by atomic mass is 9.90. The summed E-state index contributed by atoms with van der Waals surface area (Å²) in [7, 11) is -3.34. The Bertz CT molecular complexity index is 2530. The Hall–Kier alpha value is -5.63. The summed E-state index contributed by atoms with van der Waals surface area (Å²) in [6, 6.07) is 55.6. The van der Waals surface area contributed by atoms with Crippen LogP contribution >= 0.6 is 7.14 Å². The number of benzene rings is 8. The van der Waals surface area contributed by atoms with Crippen molar-refractivity contribution in [2.24, 2.45) is 0 Å². The molecule has 4 heteroatoms. The summed E-state index contributed by atoms with van der Waals surface area (Å²) in [5.74, 6) is 0.695. The standard InChI is InChI=1S/C42H27N2OP/c45-46(30-17-6-2-7-18-30,31-19-8-3-9-20-31)39-27-36(33-22-12-16-28-13-10-11-21-32(28)33)34-23-25-37-41-38(26-24-35(39)40(34)41)44-42(43-37)29-14-4-1-5-15-29/h1-27H. The van der Waals surface area contributed by atoms with Crippen molar-refractivity contribution >= 4 is 66.4 Å². The van der Waals surface area contributed by atoms with Crippen LogP contribution in [0.3, 0.4) is 0 Å². The maximum absolute atomic E-state index is 16.0. The zero-order chi connectivity index (χ0) is 30.7. The molecule has 1 heterocycles. The summed E-state index contributed by atoms with van der Waals surface area (Å²) in [6.45, 7) is 0. The second-order valence-corrected chi connectivity index (χ2v) is 14.4. The van der Waals surface area contributed by atoms with Crippen LogP contribution in [0.2, 0.25) is 0 Å². The molecule has 3 nitrogen and oxygen atoms in total. The van der Waals surface area contributed by atoms with Crippen molar-refractivity contribution in [1.82, 2.24) is 9.97 Å². The van der Waals surface area contributed by atoms with Crippen LogP contribution in [-0.2, 0) is 4.57 Å². The van der Waals surface area contributed by atoms with Gasteiger partial charge >= 0.3 is 0 Å². The lowest BCUT2D eigenvalue weighted by Gasteiger charge is -2.25. The van der Waals surface area contributed by atoms with Gasteiger partial charge in [0.15, 0.2) is 13.0 Å². The number of aromatic nitrogens is 2. The van der Waals surface area contributed by atoms with E-state index in [0.29, 0.717) is 5.82 Å². The predicted octanol–water partition coefficient (Wildman–Crippen LogP) is 9.50. The maximum Gasteiger partial charge on any atom is 0.171 e. The van der Waals surface area contributed by atoms with Gasteiger partial charge in [-0.3, -0.25) is 0 Å². The molecule has 8 aromatic carbocycles. The normalized spacial score (nSPS) is 12.0. The van der Waals surface area contributed by atoms with E-state index in [1.807, 2.05) is 91.0 Å². The van der Waals surface area contributed by atoms with Crippen molar-refractivity contribution in [3.05, 3.63) is 164 Å². The average Bonchev–Trinajstić information content (AvgIpc) is 3.14. The number of fused-ring (bicyclic) bond motifs is 1. The Morgan fingerprint density at radius 1 is 0.435 bits per heavy atom. The van der Waals surface area contributed by atoms with Gasteiger partial charge in [0.05, 0.1) is 11.0 Å². The van der Waals surface area contributed by atoms with Gasteiger partial charge in [-0.15, -0.1) is 0 Å². The molecule has 0 radical (unpaired) electrons. The quantitative estimate of drug-likeness (QED) is 0.145. The molecule has 0 aliphatic carbocycles. The van der Waals surface area contributed by atoms with Gasteiger partial charge in [0.25, 0.3) is 0 Å². The van der Waals surface area contributed by atoms with Crippen molar-refractivity contribution in [2.45, 2.75) is 0 Å². The van der Waals surface area contributed by atoms with Crippen molar-refractivity contribution in [2.75, 3.05) is 0 Å². The molecule has 0 bridgehead atoms. The van der Waals surface area contributed by atoms with Crippen molar-refractivity contribution in [1.29, 1.82) is 0 Å². The van der Waals surface area contributed by atoms with Crippen LogP contribution in [0.4, 0.5) is 0 Å². The first-order chi connectivity index (χ1) is 22.7. The average molecular weight is 607 g/mol. The van der Waals surface area contributed by atoms with Crippen LogP contribution in [0.1, 0.15) is 0 Å². The summed E-state index contributed by atoms with van der Waals surface area (Å²) in [4.78, 5) is 10.2. The van der Waals surface area contributed by atoms with Crippen LogP contribution in [0.5, 0.6) is 0 Å². The van der Waals surface area contributed by atoms with Crippen LogP contribution in [0.15, 0.2) is 164 Å². The summed E-state index contributed by atoms with van der Waals surface area (Å²) in [6.07, 6.45) is 0. The molecule has 9 rings (SSSR count). The van der Waals surface area contributed by atoms with E-state index in [-0.39, 0.29) is 0 Å². The molecule has 0 N–H and O–H groups in total. The number of hydrogen-bond donors (Lipinski definition) is 0. The molecule has 0 amide bonds.